The largest absolute Gasteiger partial charge is 0.481 e. The lowest BCUT2D eigenvalue weighted by Crippen LogP contribution is -2.41. The number of nitrogens with zero attached hydrogens (tertiary/aromatic N) is 1. The van der Waals surface area contributed by atoms with Gasteiger partial charge in [-0.2, -0.15) is 0 Å². The van der Waals surface area contributed by atoms with Crippen molar-refractivity contribution in [2.24, 2.45) is 5.92 Å². The van der Waals surface area contributed by atoms with Crippen LogP contribution in [0.2, 0.25) is 0 Å². The quantitative estimate of drug-likeness (QED) is 0.899. The first kappa shape index (κ1) is 15.9. The molecule has 0 radical (unpaired) electrons. The number of benzene rings is 1. The van der Waals surface area contributed by atoms with Gasteiger partial charge in [0.2, 0.25) is 0 Å². The molecule has 1 N–H and O–H groups in total. The summed E-state index contributed by atoms with van der Waals surface area (Å²) < 4.78 is 27.8. The summed E-state index contributed by atoms with van der Waals surface area (Å²) in [7, 11) is 0. The fourth-order valence-electron chi connectivity index (χ4n) is 2.57. The van der Waals surface area contributed by atoms with Crippen LogP contribution in [0.1, 0.15) is 29.6 Å². The van der Waals surface area contributed by atoms with Gasteiger partial charge in [0.1, 0.15) is 17.2 Å². The lowest BCUT2D eigenvalue weighted by Gasteiger charge is -2.32. The Bertz CT molecular complexity index is 556. The van der Waals surface area contributed by atoms with E-state index in [1.165, 1.54) is 4.90 Å². The third-order valence-electron chi connectivity index (χ3n) is 3.49. The number of rotatable bonds is 3. The lowest BCUT2D eigenvalue weighted by molar-refractivity contribution is -0.138. The molecule has 1 unspecified atom stereocenters. The molecule has 1 aliphatic rings. The molecule has 0 aromatic heterocycles. The zero-order valence-corrected chi connectivity index (χ0v) is 12.7. The van der Waals surface area contributed by atoms with Crippen LogP contribution in [0.25, 0.3) is 0 Å². The molecule has 1 aliphatic heterocycles. The van der Waals surface area contributed by atoms with Crippen molar-refractivity contribution in [1.82, 2.24) is 4.90 Å². The number of hydrogen-bond donors (Lipinski definition) is 1. The minimum Gasteiger partial charge on any atom is -0.481 e. The van der Waals surface area contributed by atoms with E-state index in [4.69, 9.17) is 5.11 Å². The van der Waals surface area contributed by atoms with Gasteiger partial charge in [0, 0.05) is 24.0 Å². The Kier molecular flexibility index (Phi) is 4.92. The van der Waals surface area contributed by atoms with Crippen molar-refractivity contribution in [3.8, 4) is 0 Å². The third kappa shape index (κ3) is 3.78. The summed E-state index contributed by atoms with van der Waals surface area (Å²) in [6, 6.07) is 2.07. The van der Waals surface area contributed by atoms with Crippen molar-refractivity contribution < 1.29 is 23.5 Å². The SMILES string of the molecule is O=C(O)CC1CCCN(C(=O)c2c(F)cc(Br)cc2F)C1. The van der Waals surface area contributed by atoms with Crippen LogP contribution in [0.5, 0.6) is 0 Å². The maximum Gasteiger partial charge on any atom is 0.303 e. The van der Waals surface area contributed by atoms with Gasteiger partial charge in [0.05, 0.1) is 0 Å². The first-order valence-electron chi connectivity index (χ1n) is 6.54. The molecule has 114 valence electrons. The van der Waals surface area contributed by atoms with Crippen LogP contribution < -0.4 is 0 Å². The average molecular weight is 362 g/mol. The van der Waals surface area contributed by atoms with Crippen LogP contribution >= 0.6 is 15.9 Å². The Morgan fingerprint density at radius 1 is 1.33 bits per heavy atom. The van der Waals surface area contributed by atoms with Gasteiger partial charge in [-0.3, -0.25) is 9.59 Å². The number of likely N-dealkylation sites (tertiary alicyclic amines) is 1. The van der Waals surface area contributed by atoms with E-state index in [1.807, 2.05) is 0 Å². The van der Waals surface area contributed by atoms with Crippen molar-refractivity contribution in [2.75, 3.05) is 13.1 Å². The summed E-state index contributed by atoms with van der Waals surface area (Å²) in [6.07, 6.45) is 1.28. The standard InChI is InChI=1S/C14H14BrF2NO3/c15-9-5-10(16)13(11(17)6-9)14(21)18-3-1-2-8(7-18)4-12(19)20/h5-6,8H,1-4,7H2,(H,19,20). The van der Waals surface area contributed by atoms with Gasteiger partial charge < -0.3 is 10.0 Å². The summed E-state index contributed by atoms with van der Waals surface area (Å²) in [6.45, 7) is 0.587. The molecule has 1 amide bonds. The molecule has 1 atom stereocenters. The number of carboxylic acid groups (broad SMARTS) is 1. The highest BCUT2D eigenvalue weighted by Gasteiger charge is 2.29. The van der Waals surface area contributed by atoms with E-state index in [0.29, 0.717) is 19.4 Å². The molecular formula is C14H14BrF2NO3. The molecule has 1 aromatic carbocycles. The minimum atomic E-state index is -0.935. The molecule has 7 heteroatoms. The molecule has 4 nitrogen and oxygen atoms in total. The monoisotopic (exact) mass is 361 g/mol. The number of aliphatic carboxylic acids is 1. The van der Waals surface area contributed by atoms with Crippen LogP contribution in [0.3, 0.4) is 0 Å². The van der Waals surface area contributed by atoms with Crippen LogP contribution in [-0.4, -0.2) is 35.0 Å². The summed E-state index contributed by atoms with van der Waals surface area (Å²) in [5.74, 6) is -3.69. The highest BCUT2D eigenvalue weighted by Crippen LogP contribution is 2.25. The van der Waals surface area contributed by atoms with Gasteiger partial charge in [0.15, 0.2) is 0 Å². The number of carbonyl (C=O) groups excluding carboxylic acids is 1. The Morgan fingerprint density at radius 2 is 1.95 bits per heavy atom. The highest BCUT2D eigenvalue weighted by atomic mass is 79.9. The van der Waals surface area contributed by atoms with E-state index >= 15 is 0 Å². The van der Waals surface area contributed by atoms with Crippen LogP contribution in [-0.2, 0) is 4.79 Å². The molecule has 1 heterocycles. The molecule has 2 rings (SSSR count). The molecular weight excluding hydrogens is 348 g/mol. The van der Waals surface area contributed by atoms with Crippen molar-refractivity contribution in [3.05, 3.63) is 33.8 Å². The number of piperidine rings is 1. The maximum absolute atomic E-state index is 13.8. The van der Waals surface area contributed by atoms with Gasteiger partial charge in [-0.25, -0.2) is 8.78 Å². The second-order valence-corrected chi connectivity index (χ2v) is 6.02. The maximum atomic E-state index is 13.8. The summed E-state index contributed by atoms with van der Waals surface area (Å²) >= 11 is 2.96. The average Bonchev–Trinajstić information content (AvgIpc) is 2.36. The second kappa shape index (κ2) is 6.51. The van der Waals surface area contributed by atoms with E-state index in [1.54, 1.807) is 0 Å². The molecule has 1 fully saturated rings. The number of amides is 1. The van der Waals surface area contributed by atoms with Crippen LogP contribution in [0.15, 0.2) is 16.6 Å². The molecule has 0 bridgehead atoms. The predicted molar refractivity (Wildman–Crippen MR) is 74.9 cm³/mol. The van der Waals surface area contributed by atoms with Gasteiger partial charge in [-0.15, -0.1) is 0 Å². The van der Waals surface area contributed by atoms with Crippen LogP contribution in [0, 0.1) is 17.6 Å². The fraction of sp³-hybridized carbons (Fsp3) is 0.429. The Hall–Kier alpha value is -1.50. The van der Waals surface area contributed by atoms with Gasteiger partial charge >= 0.3 is 5.97 Å². The smallest absolute Gasteiger partial charge is 0.303 e. The van der Waals surface area contributed by atoms with Crippen molar-refractivity contribution in [3.63, 3.8) is 0 Å². The molecule has 0 saturated carbocycles. The summed E-state index contributed by atoms with van der Waals surface area (Å²) in [4.78, 5) is 24.3. The van der Waals surface area contributed by atoms with Gasteiger partial charge in [0.25, 0.3) is 5.91 Å². The minimum absolute atomic E-state index is 0.0465. The van der Waals surface area contributed by atoms with E-state index in [0.717, 1.165) is 12.1 Å². The highest BCUT2D eigenvalue weighted by molar-refractivity contribution is 9.10. The van der Waals surface area contributed by atoms with Crippen molar-refractivity contribution in [2.45, 2.75) is 19.3 Å². The van der Waals surface area contributed by atoms with E-state index < -0.39 is 29.1 Å². The molecule has 1 aromatic rings. The molecule has 21 heavy (non-hydrogen) atoms. The summed E-state index contributed by atoms with van der Waals surface area (Å²) in [5.41, 5.74) is -0.589. The molecule has 0 spiro atoms. The first-order valence-corrected chi connectivity index (χ1v) is 7.33. The number of carbonyl (C=O) groups is 2. The Morgan fingerprint density at radius 3 is 2.52 bits per heavy atom. The predicted octanol–water partition coefficient (Wildman–Crippen LogP) is 3.05. The topological polar surface area (TPSA) is 57.6 Å². The van der Waals surface area contributed by atoms with E-state index in [9.17, 15) is 18.4 Å². The van der Waals surface area contributed by atoms with Gasteiger partial charge in [-0.05, 0) is 30.9 Å². The number of carboxylic acids is 1. The Labute approximate surface area is 128 Å². The van der Waals surface area contributed by atoms with E-state index in [2.05, 4.69) is 15.9 Å². The van der Waals surface area contributed by atoms with Gasteiger partial charge in [-0.1, -0.05) is 15.9 Å². The fourth-order valence-corrected chi connectivity index (χ4v) is 2.97. The zero-order valence-electron chi connectivity index (χ0n) is 11.1. The van der Waals surface area contributed by atoms with Crippen molar-refractivity contribution >= 4 is 27.8 Å². The summed E-state index contributed by atoms with van der Waals surface area (Å²) in [5, 5.41) is 8.80. The number of hydrogen-bond acceptors (Lipinski definition) is 2. The zero-order chi connectivity index (χ0) is 15.6. The van der Waals surface area contributed by atoms with Crippen molar-refractivity contribution in [1.29, 1.82) is 0 Å². The molecule has 1 saturated heterocycles. The first-order chi connectivity index (χ1) is 9.88. The second-order valence-electron chi connectivity index (χ2n) is 5.10. The third-order valence-corrected chi connectivity index (χ3v) is 3.95. The van der Waals surface area contributed by atoms with E-state index in [-0.39, 0.29) is 23.4 Å². The molecule has 0 aliphatic carbocycles. The normalized spacial score (nSPS) is 18.6. The Balaban J connectivity index is 2.18. The lowest BCUT2D eigenvalue weighted by atomic mass is 9.94. The van der Waals surface area contributed by atoms with Crippen LogP contribution in [0.4, 0.5) is 8.78 Å². The number of halogens is 3.